The summed E-state index contributed by atoms with van der Waals surface area (Å²) in [6.45, 7) is 1.77. The molecular weight excluding hydrogens is 276 g/mol. The summed E-state index contributed by atoms with van der Waals surface area (Å²) in [6.07, 6.45) is 0. The van der Waals surface area contributed by atoms with E-state index in [1.807, 2.05) is 0 Å². The quantitative estimate of drug-likeness (QED) is 0.673. The molecule has 0 saturated carbocycles. The van der Waals surface area contributed by atoms with E-state index < -0.39 is 0 Å². The molecule has 5 heteroatoms. The standard InChI is InChI=1S/C15H13ClN2O2/c1-10(11-4-8-14(19)9-5-11)17-18-15(20)12-2-6-13(16)7-3-12/h2-9,19H,1H3,(H,18,20)/b17-10-. The Morgan fingerprint density at radius 3 is 2.20 bits per heavy atom. The van der Waals surface area contributed by atoms with Crippen LogP contribution in [0.5, 0.6) is 5.75 Å². The smallest absolute Gasteiger partial charge is 0.271 e. The Bertz CT molecular complexity index is 634. The molecule has 20 heavy (non-hydrogen) atoms. The molecule has 0 unspecified atom stereocenters. The van der Waals surface area contributed by atoms with Gasteiger partial charge in [0.1, 0.15) is 5.75 Å². The number of carbonyl (C=O) groups excluding carboxylic acids is 1. The summed E-state index contributed by atoms with van der Waals surface area (Å²) >= 11 is 5.76. The van der Waals surface area contributed by atoms with Gasteiger partial charge in [-0.1, -0.05) is 11.6 Å². The first kappa shape index (κ1) is 14.1. The van der Waals surface area contributed by atoms with Crippen molar-refractivity contribution in [3.8, 4) is 5.75 Å². The van der Waals surface area contributed by atoms with Crippen LogP contribution in [-0.2, 0) is 0 Å². The number of hydrogen-bond donors (Lipinski definition) is 2. The lowest BCUT2D eigenvalue weighted by Gasteiger charge is -2.03. The van der Waals surface area contributed by atoms with Gasteiger partial charge in [0, 0.05) is 10.6 Å². The maximum absolute atomic E-state index is 11.8. The molecule has 0 bridgehead atoms. The number of phenolic OH excluding ortho intramolecular Hbond substituents is 1. The lowest BCUT2D eigenvalue weighted by molar-refractivity contribution is 0.0955. The molecule has 0 saturated heterocycles. The summed E-state index contributed by atoms with van der Waals surface area (Å²) in [6, 6.07) is 13.1. The van der Waals surface area contributed by atoms with E-state index in [1.54, 1.807) is 55.5 Å². The summed E-state index contributed by atoms with van der Waals surface area (Å²) in [7, 11) is 0. The average Bonchev–Trinajstić information content (AvgIpc) is 2.46. The van der Waals surface area contributed by atoms with Gasteiger partial charge in [0.05, 0.1) is 5.71 Å². The Hall–Kier alpha value is -2.33. The summed E-state index contributed by atoms with van der Waals surface area (Å²) < 4.78 is 0. The van der Waals surface area contributed by atoms with Crippen molar-refractivity contribution in [1.82, 2.24) is 5.43 Å². The van der Waals surface area contributed by atoms with Crippen LogP contribution in [0.3, 0.4) is 0 Å². The molecule has 0 fully saturated rings. The van der Waals surface area contributed by atoms with Gasteiger partial charge in [-0.05, 0) is 61.0 Å². The van der Waals surface area contributed by atoms with Crippen molar-refractivity contribution in [1.29, 1.82) is 0 Å². The number of nitrogens with one attached hydrogen (secondary N) is 1. The fourth-order valence-corrected chi connectivity index (χ4v) is 1.69. The second-order valence-corrected chi connectivity index (χ2v) is 4.63. The van der Waals surface area contributed by atoms with E-state index in [0.717, 1.165) is 5.56 Å². The fourth-order valence-electron chi connectivity index (χ4n) is 1.57. The highest BCUT2D eigenvalue weighted by Gasteiger charge is 2.04. The van der Waals surface area contributed by atoms with E-state index >= 15 is 0 Å². The lowest BCUT2D eigenvalue weighted by atomic mass is 10.1. The molecule has 0 aromatic heterocycles. The van der Waals surface area contributed by atoms with Crippen LogP contribution in [0, 0.1) is 0 Å². The normalized spacial score (nSPS) is 11.2. The van der Waals surface area contributed by atoms with Gasteiger partial charge < -0.3 is 5.11 Å². The number of phenols is 1. The molecule has 1 amide bonds. The minimum Gasteiger partial charge on any atom is -0.508 e. The highest BCUT2D eigenvalue weighted by atomic mass is 35.5. The molecule has 0 radical (unpaired) electrons. The Morgan fingerprint density at radius 1 is 1.05 bits per heavy atom. The van der Waals surface area contributed by atoms with Crippen LogP contribution < -0.4 is 5.43 Å². The Labute approximate surface area is 121 Å². The molecule has 0 heterocycles. The molecule has 2 aromatic rings. The van der Waals surface area contributed by atoms with Crippen molar-refractivity contribution in [2.75, 3.05) is 0 Å². The molecular formula is C15H13ClN2O2. The molecule has 2 rings (SSSR count). The number of hydrazone groups is 1. The summed E-state index contributed by atoms with van der Waals surface area (Å²) in [5.74, 6) is -0.119. The molecule has 2 N–H and O–H groups in total. The number of benzene rings is 2. The van der Waals surface area contributed by atoms with E-state index in [-0.39, 0.29) is 11.7 Å². The van der Waals surface area contributed by atoms with Crippen LogP contribution in [0.15, 0.2) is 53.6 Å². The maximum atomic E-state index is 11.8. The van der Waals surface area contributed by atoms with Crippen molar-refractivity contribution < 1.29 is 9.90 Å². The van der Waals surface area contributed by atoms with E-state index in [1.165, 1.54) is 0 Å². The third-order valence-corrected chi connectivity index (χ3v) is 2.97. The van der Waals surface area contributed by atoms with E-state index in [4.69, 9.17) is 11.6 Å². The van der Waals surface area contributed by atoms with Gasteiger partial charge >= 0.3 is 0 Å². The third-order valence-electron chi connectivity index (χ3n) is 2.72. The average molecular weight is 289 g/mol. The molecule has 2 aromatic carbocycles. The zero-order valence-corrected chi connectivity index (χ0v) is 11.6. The largest absolute Gasteiger partial charge is 0.508 e. The van der Waals surface area contributed by atoms with Crippen molar-refractivity contribution >= 4 is 23.2 Å². The Kier molecular flexibility index (Phi) is 4.38. The van der Waals surface area contributed by atoms with Gasteiger partial charge in [0.25, 0.3) is 5.91 Å². The molecule has 0 aliphatic carbocycles. The van der Waals surface area contributed by atoms with Gasteiger partial charge in [0.15, 0.2) is 0 Å². The van der Waals surface area contributed by atoms with Crippen LogP contribution in [0.4, 0.5) is 0 Å². The molecule has 0 aliphatic heterocycles. The van der Waals surface area contributed by atoms with Crippen LogP contribution in [0.25, 0.3) is 0 Å². The second kappa shape index (κ2) is 6.21. The highest BCUT2D eigenvalue weighted by Crippen LogP contribution is 2.11. The molecule has 0 atom stereocenters. The van der Waals surface area contributed by atoms with Gasteiger partial charge in [-0.2, -0.15) is 5.10 Å². The van der Waals surface area contributed by atoms with Crippen molar-refractivity contribution in [3.63, 3.8) is 0 Å². The zero-order valence-electron chi connectivity index (χ0n) is 10.8. The first-order valence-electron chi connectivity index (χ1n) is 5.96. The minimum atomic E-state index is -0.306. The Balaban J connectivity index is 2.06. The van der Waals surface area contributed by atoms with Crippen LogP contribution in [0.1, 0.15) is 22.8 Å². The molecule has 0 aliphatic rings. The first-order valence-corrected chi connectivity index (χ1v) is 6.33. The number of hydrogen-bond acceptors (Lipinski definition) is 3. The molecule has 102 valence electrons. The first-order chi connectivity index (χ1) is 9.56. The molecule has 4 nitrogen and oxygen atoms in total. The van der Waals surface area contributed by atoms with E-state index in [9.17, 15) is 9.90 Å². The highest BCUT2D eigenvalue weighted by molar-refractivity contribution is 6.30. The number of nitrogens with zero attached hydrogens (tertiary/aromatic N) is 1. The number of rotatable bonds is 3. The summed E-state index contributed by atoms with van der Waals surface area (Å²) in [4.78, 5) is 11.8. The number of aromatic hydroxyl groups is 1. The van der Waals surface area contributed by atoms with Gasteiger partial charge in [-0.3, -0.25) is 4.79 Å². The van der Waals surface area contributed by atoms with Crippen molar-refractivity contribution in [3.05, 3.63) is 64.7 Å². The van der Waals surface area contributed by atoms with E-state index in [2.05, 4.69) is 10.5 Å². The van der Waals surface area contributed by atoms with Crippen LogP contribution in [-0.4, -0.2) is 16.7 Å². The number of carbonyl (C=O) groups is 1. The van der Waals surface area contributed by atoms with Crippen LogP contribution >= 0.6 is 11.6 Å². The number of amides is 1. The summed E-state index contributed by atoms with van der Waals surface area (Å²) in [5.41, 5.74) is 4.42. The van der Waals surface area contributed by atoms with Gasteiger partial charge in [-0.15, -0.1) is 0 Å². The predicted molar refractivity (Wildman–Crippen MR) is 79.2 cm³/mol. The van der Waals surface area contributed by atoms with Gasteiger partial charge in [-0.25, -0.2) is 5.43 Å². The molecule has 0 spiro atoms. The zero-order chi connectivity index (χ0) is 14.5. The van der Waals surface area contributed by atoms with Gasteiger partial charge in [0.2, 0.25) is 0 Å². The fraction of sp³-hybridized carbons (Fsp3) is 0.0667. The minimum absolute atomic E-state index is 0.187. The summed E-state index contributed by atoms with van der Waals surface area (Å²) in [5, 5.41) is 13.8. The SMILES string of the molecule is C/C(=N/NC(=O)c1ccc(Cl)cc1)c1ccc(O)cc1. The van der Waals surface area contributed by atoms with Crippen LogP contribution in [0.2, 0.25) is 5.02 Å². The third kappa shape index (κ3) is 3.59. The second-order valence-electron chi connectivity index (χ2n) is 4.19. The maximum Gasteiger partial charge on any atom is 0.271 e. The number of halogens is 1. The lowest BCUT2D eigenvalue weighted by Crippen LogP contribution is -2.19. The monoisotopic (exact) mass is 288 g/mol. The van der Waals surface area contributed by atoms with Crippen molar-refractivity contribution in [2.45, 2.75) is 6.92 Å². The van der Waals surface area contributed by atoms with E-state index in [0.29, 0.717) is 16.3 Å². The topological polar surface area (TPSA) is 61.7 Å². The van der Waals surface area contributed by atoms with Crippen molar-refractivity contribution in [2.24, 2.45) is 5.10 Å². The Morgan fingerprint density at radius 2 is 1.60 bits per heavy atom. The predicted octanol–water partition coefficient (Wildman–Crippen LogP) is 3.20.